The molecule has 4 rings (SSSR count). The van der Waals surface area contributed by atoms with Gasteiger partial charge >= 0.3 is 0 Å². The molecule has 9 heteroatoms. The predicted octanol–water partition coefficient (Wildman–Crippen LogP) is 2.90. The fraction of sp³-hybridized carbons (Fsp3) is 0.476. The summed E-state index contributed by atoms with van der Waals surface area (Å²) in [6.45, 7) is 3.29. The van der Waals surface area contributed by atoms with E-state index in [1.165, 1.54) is 6.20 Å². The van der Waals surface area contributed by atoms with E-state index in [1.54, 1.807) is 27.7 Å². The average Bonchev–Trinajstić information content (AvgIpc) is 3.30. The lowest BCUT2D eigenvalue weighted by molar-refractivity contribution is 0.102. The molecule has 0 bridgehead atoms. The normalized spacial score (nSPS) is 20.9. The van der Waals surface area contributed by atoms with Gasteiger partial charge in [-0.2, -0.15) is 17.0 Å². The third-order valence-corrected chi connectivity index (χ3v) is 7.72. The van der Waals surface area contributed by atoms with Gasteiger partial charge in [0.05, 0.1) is 17.3 Å². The quantitative estimate of drug-likeness (QED) is 0.788. The van der Waals surface area contributed by atoms with Crippen LogP contribution in [0.1, 0.15) is 60.0 Å². The Morgan fingerprint density at radius 3 is 2.50 bits per heavy atom. The van der Waals surface area contributed by atoms with Crippen molar-refractivity contribution in [1.29, 1.82) is 0 Å². The number of nitrogens with one attached hydrogen (secondary N) is 1. The highest BCUT2D eigenvalue weighted by Gasteiger charge is 2.40. The van der Waals surface area contributed by atoms with Crippen molar-refractivity contribution in [2.75, 3.05) is 25.0 Å². The Morgan fingerprint density at radius 2 is 1.77 bits per heavy atom. The number of amides is 1. The molecule has 2 aromatic rings. The highest BCUT2D eigenvalue weighted by atomic mass is 32.2. The van der Waals surface area contributed by atoms with Crippen LogP contribution in [-0.4, -0.2) is 52.5 Å². The number of piperidine rings is 1. The second kappa shape index (κ2) is 8.79. The zero-order valence-electron chi connectivity index (χ0n) is 17.1. The number of para-hydroxylation sites is 1. The van der Waals surface area contributed by atoms with Gasteiger partial charge in [0, 0.05) is 31.5 Å². The van der Waals surface area contributed by atoms with Gasteiger partial charge < -0.3 is 5.32 Å². The Balaban J connectivity index is 1.69. The molecule has 0 saturated carbocycles. The summed E-state index contributed by atoms with van der Waals surface area (Å²) >= 11 is 0. The molecular weight excluding hydrogens is 402 g/mol. The van der Waals surface area contributed by atoms with Crippen LogP contribution in [0.3, 0.4) is 0 Å². The Kier molecular flexibility index (Phi) is 6.12. The molecule has 0 radical (unpaired) electrons. The Morgan fingerprint density at radius 1 is 1.07 bits per heavy atom. The standard InChI is InChI=1S/C21H27N5O3S/c1-16-22-15-18(21(27)24-17-9-3-2-4-10-17)20(23-16)19-11-5-6-14-26(19)30(28,29)25-12-7-8-13-25/h2-4,9-10,15,19H,5-8,11-14H2,1H3,(H,24,27)/t19-/m1/s1. The van der Waals surface area contributed by atoms with Crippen molar-refractivity contribution in [1.82, 2.24) is 18.6 Å². The lowest BCUT2D eigenvalue weighted by Crippen LogP contribution is -2.47. The number of hydrogen-bond acceptors (Lipinski definition) is 5. The number of anilines is 1. The van der Waals surface area contributed by atoms with Crippen LogP contribution >= 0.6 is 0 Å². The minimum absolute atomic E-state index is 0.318. The van der Waals surface area contributed by atoms with Gasteiger partial charge in [-0.25, -0.2) is 9.97 Å². The maximum absolute atomic E-state index is 13.3. The molecule has 0 spiro atoms. The first kappa shape index (κ1) is 20.9. The van der Waals surface area contributed by atoms with E-state index >= 15 is 0 Å². The molecular formula is C21H27N5O3S. The van der Waals surface area contributed by atoms with E-state index in [1.807, 2.05) is 18.2 Å². The molecule has 1 atom stereocenters. The summed E-state index contributed by atoms with van der Waals surface area (Å²) in [6, 6.07) is 8.69. The number of carbonyl (C=O) groups is 1. The lowest BCUT2D eigenvalue weighted by Gasteiger charge is -2.37. The smallest absolute Gasteiger partial charge is 0.282 e. The zero-order chi connectivity index (χ0) is 21.1. The van der Waals surface area contributed by atoms with E-state index < -0.39 is 16.3 Å². The van der Waals surface area contributed by atoms with E-state index in [9.17, 15) is 13.2 Å². The fourth-order valence-electron chi connectivity index (χ4n) is 4.16. The van der Waals surface area contributed by atoms with E-state index in [4.69, 9.17) is 0 Å². The first-order valence-electron chi connectivity index (χ1n) is 10.4. The van der Waals surface area contributed by atoms with Gasteiger partial charge in [-0.1, -0.05) is 24.6 Å². The van der Waals surface area contributed by atoms with Crippen LogP contribution in [0.5, 0.6) is 0 Å². The van der Waals surface area contributed by atoms with Crippen molar-refractivity contribution in [2.24, 2.45) is 0 Å². The molecule has 2 fully saturated rings. The molecule has 2 aliphatic rings. The van der Waals surface area contributed by atoms with Crippen LogP contribution in [0, 0.1) is 6.92 Å². The van der Waals surface area contributed by atoms with Crippen molar-refractivity contribution in [3.63, 3.8) is 0 Å². The second-order valence-corrected chi connectivity index (χ2v) is 9.65. The lowest BCUT2D eigenvalue weighted by atomic mass is 9.98. The molecule has 160 valence electrons. The van der Waals surface area contributed by atoms with E-state index in [0.717, 1.165) is 25.7 Å². The molecule has 1 aromatic carbocycles. The first-order chi connectivity index (χ1) is 14.5. The summed E-state index contributed by atoms with van der Waals surface area (Å²) in [6.07, 6.45) is 5.60. The van der Waals surface area contributed by atoms with Gasteiger partial charge in [-0.15, -0.1) is 0 Å². The third-order valence-electron chi connectivity index (χ3n) is 5.67. The Bertz CT molecular complexity index is 1010. The molecule has 0 unspecified atom stereocenters. The van der Waals surface area contributed by atoms with E-state index in [0.29, 0.717) is 48.8 Å². The maximum Gasteiger partial charge on any atom is 0.282 e. The van der Waals surface area contributed by atoms with Crippen molar-refractivity contribution < 1.29 is 13.2 Å². The van der Waals surface area contributed by atoms with E-state index in [-0.39, 0.29) is 5.91 Å². The molecule has 1 N–H and O–H groups in total. The minimum Gasteiger partial charge on any atom is -0.322 e. The van der Waals surface area contributed by atoms with Gasteiger partial charge in [0.2, 0.25) is 0 Å². The summed E-state index contributed by atoms with van der Waals surface area (Å²) in [7, 11) is -3.60. The molecule has 30 heavy (non-hydrogen) atoms. The summed E-state index contributed by atoms with van der Waals surface area (Å²) < 4.78 is 29.8. The van der Waals surface area contributed by atoms with Crippen LogP contribution < -0.4 is 5.32 Å². The van der Waals surface area contributed by atoms with Crippen LogP contribution in [0.4, 0.5) is 5.69 Å². The number of rotatable bonds is 5. The number of aryl methyl sites for hydroxylation is 1. The van der Waals surface area contributed by atoms with E-state index in [2.05, 4.69) is 15.3 Å². The molecule has 0 aliphatic carbocycles. The fourth-order valence-corrected chi connectivity index (χ4v) is 6.06. The largest absolute Gasteiger partial charge is 0.322 e. The van der Waals surface area contributed by atoms with Crippen molar-refractivity contribution in [2.45, 2.75) is 45.1 Å². The van der Waals surface area contributed by atoms with Crippen molar-refractivity contribution >= 4 is 21.8 Å². The number of nitrogens with zero attached hydrogens (tertiary/aromatic N) is 4. The summed E-state index contributed by atoms with van der Waals surface area (Å²) in [5.74, 6) is 0.186. The maximum atomic E-state index is 13.3. The zero-order valence-corrected chi connectivity index (χ0v) is 17.9. The number of benzene rings is 1. The molecule has 2 saturated heterocycles. The summed E-state index contributed by atoms with van der Waals surface area (Å²) in [4.78, 5) is 21.8. The minimum atomic E-state index is -3.60. The van der Waals surface area contributed by atoms with Crippen LogP contribution in [0.25, 0.3) is 0 Å². The van der Waals surface area contributed by atoms with Gasteiger partial charge in [0.25, 0.3) is 16.1 Å². The van der Waals surface area contributed by atoms with Crippen LogP contribution in [0.2, 0.25) is 0 Å². The summed E-state index contributed by atoms with van der Waals surface area (Å²) in [5, 5.41) is 2.87. The monoisotopic (exact) mass is 429 g/mol. The molecule has 3 heterocycles. The number of aromatic nitrogens is 2. The van der Waals surface area contributed by atoms with Crippen molar-refractivity contribution in [3.8, 4) is 0 Å². The highest BCUT2D eigenvalue weighted by Crippen LogP contribution is 2.35. The molecule has 8 nitrogen and oxygen atoms in total. The molecule has 2 aliphatic heterocycles. The second-order valence-electron chi connectivity index (χ2n) is 7.77. The predicted molar refractivity (Wildman–Crippen MR) is 114 cm³/mol. The Hall–Kier alpha value is -2.36. The summed E-state index contributed by atoms with van der Waals surface area (Å²) in [5.41, 5.74) is 1.47. The molecule has 1 aromatic heterocycles. The van der Waals surface area contributed by atoms with Crippen LogP contribution in [-0.2, 0) is 10.2 Å². The van der Waals surface area contributed by atoms with Gasteiger partial charge in [-0.05, 0) is 44.7 Å². The van der Waals surface area contributed by atoms with Gasteiger partial charge in [0.15, 0.2) is 0 Å². The Labute approximate surface area is 177 Å². The van der Waals surface area contributed by atoms with Crippen LogP contribution in [0.15, 0.2) is 36.5 Å². The SMILES string of the molecule is Cc1ncc(C(=O)Nc2ccccc2)c([C@H]2CCCCN2S(=O)(=O)N2CCCC2)n1. The highest BCUT2D eigenvalue weighted by molar-refractivity contribution is 7.86. The number of carbonyl (C=O) groups excluding carboxylic acids is 1. The topological polar surface area (TPSA) is 95.5 Å². The third kappa shape index (κ3) is 4.23. The number of hydrogen-bond donors (Lipinski definition) is 1. The van der Waals surface area contributed by atoms with Crippen molar-refractivity contribution in [3.05, 3.63) is 53.6 Å². The van der Waals surface area contributed by atoms with Gasteiger partial charge in [0.1, 0.15) is 5.82 Å². The average molecular weight is 430 g/mol. The van der Waals surface area contributed by atoms with Gasteiger partial charge in [-0.3, -0.25) is 4.79 Å². The first-order valence-corrected chi connectivity index (χ1v) is 11.8. The molecule has 1 amide bonds.